The largest absolute Gasteiger partial charge is 0.385 e. The maximum absolute atomic E-state index is 10.9. The van der Waals surface area contributed by atoms with Crippen molar-refractivity contribution in [2.75, 3.05) is 0 Å². The highest BCUT2D eigenvalue weighted by molar-refractivity contribution is 5.81. The summed E-state index contributed by atoms with van der Waals surface area (Å²) >= 11 is 0. The van der Waals surface area contributed by atoms with Crippen LogP contribution in [0.2, 0.25) is 0 Å². The Bertz CT molecular complexity index is 265. The van der Waals surface area contributed by atoms with Gasteiger partial charge >= 0.3 is 0 Å². The molecule has 0 aromatic heterocycles. The average Bonchev–Trinajstić information content (AvgIpc) is 2.53. The van der Waals surface area contributed by atoms with Crippen LogP contribution >= 0.6 is 0 Å². The lowest BCUT2D eigenvalue weighted by molar-refractivity contribution is -0.126. The first-order chi connectivity index (χ1) is 5.92. The molecule has 0 amide bonds. The summed E-state index contributed by atoms with van der Waals surface area (Å²) < 4.78 is 0. The molecule has 0 aliphatic heterocycles. The van der Waals surface area contributed by atoms with Crippen molar-refractivity contribution >= 4 is 5.78 Å². The van der Waals surface area contributed by atoms with Gasteiger partial charge in [-0.3, -0.25) is 4.79 Å². The first kappa shape index (κ1) is 10.2. The number of hydrogen-bond donors (Lipinski definition) is 1. The first-order valence-corrected chi connectivity index (χ1v) is 4.48. The molecule has 3 atom stereocenters. The molecule has 0 aromatic carbocycles. The molecule has 0 aromatic rings. The van der Waals surface area contributed by atoms with Gasteiger partial charge in [0.1, 0.15) is 6.10 Å². The van der Waals surface area contributed by atoms with Crippen molar-refractivity contribution in [1.82, 2.24) is 0 Å². The predicted octanol–water partition coefficient (Wildman–Crippen LogP) is 1.12. The van der Waals surface area contributed by atoms with Crippen LogP contribution in [0.1, 0.15) is 27.2 Å². The summed E-state index contributed by atoms with van der Waals surface area (Å²) in [5.41, 5.74) is -0.0547. The van der Waals surface area contributed by atoms with Crippen molar-refractivity contribution in [3.8, 4) is 6.07 Å². The number of aliphatic hydroxyl groups excluding tert-OH is 1. The van der Waals surface area contributed by atoms with Gasteiger partial charge in [0.2, 0.25) is 0 Å². The van der Waals surface area contributed by atoms with Gasteiger partial charge in [0.05, 0.1) is 6.07 Å². The van der Waals surface area contributed by atoms with Crippen LogP contribution in [0, 0.1) is 28.6 Å². The van der Waals surface area contributed by atoms with Crippen molar-refractivity contribution in [3.05, 3.63) is 0 Å². The number of carbonyl (C=O) groups excluding carboxylic acids is 1. The van der Waals surface area contributed by atoms with Crippen molar-refractivity contribution in [2.24, 2.45) is 17.3 Å². The molecule has 1 saturated carbocycles. The van der Waals surface area contributed by atoms with Gasteiger partial charge in [0, 0.05) is 12.3 Å². The Kier molecular flexibility index (Phi) is 2.44. The quantitative estimate of drug-likeness (QED) is 0.709. The van der Waals surface area contributed by atoms with E-state index in [2.05, 4.69) is 6.07 Å². The minimum absolute atomic E-state index is 0.0235. The minimum atomic E-state index is -0.881. The van der Waals surface area contributed by atoms with E-state index in [0.717, 1.165) is 0 Å². The normalized spacial score (nSPS) is 31.9. The summed E-state index contributed by atoms with van der Waals surface area (Å²) in [4.78, 5) is 10.9. The molecule has 1 aliphatic rings. The smallest absolute Gasteiger partial charge is 0.158 e. The topological polar surface area (TPSA) is 61.1 Å². The fourth-order valence-electron chi connectivity index (χ4n) is 2.15. The van der Waals surface area contributed by atoms with Crippen LogP contribution in [0.15, 0.2) is 0 Å². The molecule has 13 heavy (non-hydrogen) atoms. The lowest BCUT2D eigenvalue weighted by atomic mass is 10.0. The third-order valence-electron chi connectivity index (χ3n) is 3.21. The Labute approximate surface area is 78.4 Å². The van der Waals surface area contributed by atoms with Crippen LogP contribution in [-0.2, 0) is 4.79 Å². The van der Waals surface area contributed by atoms with Crippen LogP contribution in [0.3, 0.4) is 0 Å². The van der Waals surface area contributed by atoms with Crippen LogP contribution < -0.4 is 0 Å². The lowest BCUT2D eigenvalue weighted by Crippen LogP contribution is -2.22. The number of Topliss-reactive ketones (excluding diaryl/α,β-unsaturated/α-hetero) is 1. The molecule has 72 valence electrons. The lowest BCUT2D eigenvalue weighted by Gasteiger charge is -2.07. The number of aliphatic hydroxyl groups is 1. The molecule has 1 aliphatic carbocycles. The molecular weight excluding hydrogens is 166 g/mol. The summed E-state index contributed by atoms with van der Waals surface area (Å²) in [6.07, 6.45) is -0.449. The number of nitrogens with zero attached hydrogens (tertiary/aromatic N) is 1. The molecule has 3 heteroatoms. The third kappa shape index (κ3) is 1.59. The summed E-state index contributed by atoms with van der Waals surface area (Å²) in [5, 5.41) is 18.1. The van der Waals surface area contributed by atoms with Crippen molar-refractivity contribution in [2.45, 2.75) is 33.3 Å². The van der Waals surface area contributed by atoms with Crippen molar-refractivity contribution in [1.29, 1.82) is 5.26 Å². The number of hydrogen-bond acceptors (Lipinski definition) is 3. The second kappa shape index (κ2) is 3.12. The van der Waals surface area contributed by atoms with Crippen molar-refractivity contribution < 1.29 is 9.90 Å². The number of rotatable bonds is 3. The zero-order chi connectivity index (χ0) is 10.2. The summed E-state index contributed by atoms with van der Waals surface area (Å²) in [7, 11) is 0. The van der Waals surface area contributed by atoms with Gasteiger partial charge < -0.3 is 5.11 Å². The summed E-state index contributed by atoms with van der Waals surface area (Å²) in [6, 6.07) is 2.09. The van der Waals surface area contributed by atoms with E-state index in [1.165, 1.54) is 6.92 Å². The monoisotopic (exact) mass is 181 g/mol. The predicted molar refractivity (Wildman–Crippen MR) is 47.7 cm³/mol. The van der Waals surface area contributed by atoms with E-state index >= 15 is 0 Å². The summed E-state index contributed by atoms with van der Waals surface area (Å²) in [6.45, 7) is 5.38. The standard InChI is InChI=1S/C10H15NO2/c1-6(12)9(13)8-7(4-5-11)10(8,2)3/h7-9,13H,4H2,1-3H3/t7-,8-,9-/m1/s1. The van der Waals surface area contributed by atoms with E-state index < -0.39 is 6.10 Å². The average molecular weight is 181 g/mol. The molecule has 0 heterocycles. The highest BCUT2D eigenvalue weighted by Gasteiger charge is 2.61. The van der Waals surface area contributed by atoms with E-state index in [1.54, 1.807) is 0 Å². The molecule has 0 radical (unpaired) electrons. The second-order valence-corrected chi connectivity index (χ2v) is 4.37. The molecule has 1 rings (SSSR count). The van der Waals surface area contributed by atoms with Gasteiger partial charge in [-0.2, -0.15) is 5.26 Å². The van der Waals surface area contributed by atoms with Crippen molar-refractivity contribution in [3.63, 3.8) is 0 Å². The molecule has 0 unspecified atom stereocenters. The van der Waals surface area contributed by atoms with Gasteiger partial charge in [-0.25, -0.2) is 0 Å². The molecule has 1 N–H and O–H groups in total. The molecular formula is C10H15NO2. The van der Waals surface area contributed by atoms with Crippen LogP contribution in [0.4, 0.5) is 0 Å². The van der Waals surface area contributed by atoms with Gasteiger partial charge in [-0.1, -0.05) is 13.8 Å². The van der Waals surface area contributed by atoms with E-state index in [1.807, 2.05) is 13.8 Å². The number of nitriles is 1. The Morgan fingerprint density at radius 2 is 2.23 bits per heavy atom. The van der Waals surface area contributed by atoms with E-state index in [4.69, 9.17) is 5.26 Å². The molecule has 1 fully saturated rings. The van der Waals surface area contributed by atoms with Gasteiger partial charge in [-0.15, -0.1) is 0 Å². The molecule has 0 saturated heterocycles. The Balaban J connectivity index is 2.65. The second-order valence-electron chi connectivity index (χ2n) is 4.37. The summed E-state index contributed by atoms with van der Waals surface area (Å²) in [5.74, 6) is -0.0421. The minimum Gasteiger partial charge on any atom is -0.385 e. The zero-order valence-corrected chi connectivity index (χ0v) is 8.24. The van der Waals surface area contributed by atoms with E-state index in [0.29, 0.717) is 6.42 Å². The highest BCUT2D eigenvalue weighted by Crippen LogP contribution is 2.61. The van der Waals surface area contributed by atoms with E-state index in [9.17, 15) is 9.90 Å². The van der Waals surface area contributed by atoms with Crippen LogP contribution in [0.5, 0.6) is 0 Å². The zero-order valence-electron chi connectivity index (χ0n) is 8.24. The maximum atomic E-state index is 10.9. The maximum Gasteiger partial charge on any atom is 0.158 e. The Hall–Kier alpha value is -0.880. The van der Waals surface area contributed by atoms with Gasteiger partial charge in [0.15, 0.2) is 5.78 Å². The van der Waals surface area contributed by atoms with Crippen LogP contribution in [0.25, 0.3) is 0 Å². The Morgan fingerprint density at radius 3 is 2.62 bits per heavy atom. The molecule has 0 spiro atoms. The third-order valence-corrected chi connectivity index (χ3v) is 3.21. The molecule has 0 bridgehead atoms. The fraction of sp³-hybridized carbons (Fsp3) is 0.800. The van der Waals surface area contributed by atoms with Gasteiger partial charge in [0.25, 0.3) is 0 Å². The SMILES string of the molecule is CC(=O)[C@@H](O)[C@H]1[C@@H](CC#N)C1(C)C. The van der Waals surface area contributed by atoms with E-state index in [-0.39, 0.29) is 23.0 Å². The fourth-order valence-corrected chi connectivity index (χ4v) is 2.15. The number of carbonyl (C=O) groups is 1. The number of ketones is 1. The van der Waals surface area contributed by atoms with Gasteiger partial charge in [-0.05, 0) is 18.3 Å². The Morgan fingerprint density at radius 1 is 1.69 bits per heavy atom. The van der Waals surface area contributed by atoms with Crippen LogP contribution in [-0.4, -0.2) is 17.0 Å². The highest BCUT2D eigenvalue weighted by atomic mass is 16.3. The first-order valence-electron chi connectivity index (χ1n) is 4.48. The molecule has 3 nitrogen and oxygen atoms in total.